The van der Waals surface area contributed by atoms with Gasteiger partial charge in [-0.15, -0.1) is 0 Å². The van der Waals surface area contributed by atoms with Gasteiger partial charge in [0, 0.05) is 36.1 Å². The van der Waals surface area contributed by atoms with E-state index in [2.05, 4.69) is 22.2 Å². The highest BCUT2D eigenvalue weighted by atomic mass is 16.5. The van der Waals surface area contributed by atoms with Gasteiger partial charge in [0.25, 0.3) is 5.91 Å². The van der Waals surface area contributed by atoms with E-state index >= 15 is 0 Å². The number of rotatable bonds is 4. The van der Waals surface area contributed by atoms with Gasteiger partial charge in [-0.1, -0.05) is 6.92 Å². The number of benzene rings is 1. The van der Waals surface area contributed by atoms with Crippen LogP contribution in [0.1, 0.15) is 46.2 Å². The number of methoxy groups -OCH3 is 1. The molecule has 0 aliphatic carbocycles. The number of ether oxygens (including phenoxy) is 1. The van der Waals surface area contributed by atoms with Crippen LogP contribution in [-0.2, 0) is 4.74 Å². The van der Waals surface area contributed by atoms with E-state index in [1.807, 2.05) is 24.0 Å². The van der Waals surface area contributed by atoms with E-state index in [0.29, 0.717) is 28.4 Å². The van der Waals surface area contributed by atoms with Crippen LogP contribution in [0.5, 0.6) is 0 Å². The highest BCUT2D eigenvalue weighted by molar-refractivity contribution is 6.07. The number of hydrogen-bond donors (Lipinski definition) is 1. The van der Waals surface area contributed by atoms with E-state index in [1.54, 1.807) is 30.5 Å². The molecule has 0 saturated carbocycles. The van der Waals surface area contributed by atoms with Gasteiger partial charge in [0.2, 0.25) is 0 Å². The number of likely N-dealkylation sites (tertiary alicyclic amines) is 1. The molecule has 1 N–H and O–H groups in total. The number of esters is 1. The molecule has 7 heteroatoms. The summed E-state index contributed by atoms with van der Waals surface area (Å²) in [6, 6.07) is 10.8. The molecule has 1 aromatic carbocycles. The lowest BCUT2D eigenvalue weighted by Crippen LogP contribution is -2.38. The smallest absolute Gasteiger partial charge is 0.337 e. The third-order valence-corrected chi connectivity index (χ3v) is 5.75. The number of anilines is 2. The molecular weight excluding hydrogens is 392 g/mol. The second kappa shape index (κ2) is 8.71. The number of aromatic nitrogens is 2. The Kier molecular flexibility index (Phi) is 5.84. The molecule has 0 atom stereocenters. The monoisotopic (exact) mass is 418 g/mol. The maximum absolute atomic E-state index is 13.4. The summed E-state index contributed by atoms with van der Waals surface area (Å²) < 4.78 is 4.76. The summed E-state index contributed by atoms with van der Waals surface area (Å²) in [4.78, 5) is 36.0. The topological polar surface area (TPSA) is 84.4 Å². The Bertz CT molecular complexity index is 1120. The number of carbonyl (C=O) groups is 2. The summed E-state index contributed by atoms with van der Waals surface area (Å²) in [5, 5.41) is 4.15. The molecule has 1 fully saturated rings. The molecule has 2 aromatic heterocycles. The summed E-state index contributed by atoms with van der Waals surface area (Å²) >= 11 is 0. The molecule has 4 rings (SSSR count). The van der Waals surface area contributed by atoms with Gasteiger partial charge in [-0.2, -0.15) is 0 Å². The third-order valence-electron chi connectivity index (χ3n) is 5.75. The van der Waals surface area contributed by atoms with E-state index in [9.17, 15) is 9.59 Å². The van der Waals surface area contributed by atoms with Crippen molar-refractivity contribution in [1.29, 1.82) is 0 Å². The van der Waals surface area contributed by atoms with Crippen molar-refractivity contribution in [2.75, 3.05) is 25.5 Å². The predicted octanol–water partition coefficient (Wildman–Crippen LogP) is 4.34. The number of amides is 1. The second-order valence-electron chi connectivity index (χ2n) is 8.04. The fourth-order valence-electron chi connectivity index (χ4n) is 3.80. The molecule has 3 aromatic rings. The Morgan fingerprint density at radius 3 is 2.48 bits per heavy atom. The molecule has 0 bridgehead atoms. The Morgan fingerprint density at radius 2 is 1.81 bits per heavy atom. The third kappa shape index (κ3) is 4.35. The molecule has 1 aliphatic heterocycles. The fraction of sp³-hybridized carbons (Fsp3) is 0.333. The van der Waals surface area contributed by atoms with Crippen molar-refractivity contribution >= 4 is 34.3 Å². The van der Waals surface area contributed by atoms with E-state index in [4.69, 9.17) is 4.74 Å². The molecule has 1 saturated heterocycles. The van der Waals surface area contributed by atoms with E-state index < -0.39 is 5.97 Å². The van der Waals surface area contributed by atoms with Gasteiger partial charge in [0.05, 0.1) is 23.9 Å². The van der Waals surface area contributed by atoms with Crippen molar-refractivity contribution in [1.82, 2.24) is 14.9 Å². The maximum Gasteiger partial charge on any atom is 0.337 e. The number of aryl methyl sites for hydroxylation is 1. The lowest BCUT2D eigenvalue weighted by molar-refractivity contribution is 0.0600. The van der Waals surface area contributed by atoms with Gasteiger partial charge in [-0.3, -0.25) is 4.79 Å². The average molecular weight is 418 g/mol. The van der Waals surface area contributed by atoms with Crippen LogP contribution < -0.4 is 5.32 Å². The molecule has 3 heterocycles. The van der Waals surface area contributed by atoms with Gasteiger partial charge in [0.15, 0.2) is 5.65 Å². The number of nitrogens with zero attached hydrogens (tertiary/aromatic N) is 3. The molecule has 0 unspecified atom stereocenters. The van der Waals surface area contributed by atoms with E-state index in [1.165, 1.54) is 7.11 Å². The van der Waals surface area contributed by atoms with Gasteiger partial charge < -0.3 is 15.0 Å². The van der Waals surface area contributed by atoms with Crippen LogP contribution in [0.2, 0.25) is 0 Å². The van der Waals surface area contributed by atoms with Crippen molar-refractivity contribution in [3.05, 3.63) is 59.4 Å². The largest absolute Gasteiger partial charge is 0.465 e. The standard InChI is InChI=1S/C24H26N4O3/c1-15-10-12-28(13-11-15)23(29)20-14-25-22-19(9-4-16(2)26-22)21(20)27-18-7-5-17(6-8-18)24(30)31-3/h4-9,14-15H,10-13H2,1-3H3,(H,25,26,27). The van der Waals surface area contributed by atoms with E-state index in [0.717, 1.165) is 42.7 Å². The molecule has 1 amide bonds. The molecule has 0 spiro atoms. The number of nitrogens with one attached hydrogen (secondary N) is 1. The Hall–Kier alpha value is -3.48. The number of carbonyl (C=O) groups excluding carboxylic acids is 2. The van der Waals surface area contributed by atoms with Crippen LogP contribution >= 0.6 is 0 Å². The second-order valence-corrected chi connectivity index (χ2v) is 8.04. The molecule has 7 nitrogen and oxygen atoms in total. The molecule has 0 radical (unpaired) electrons. The van der Waals surface area contributed by atoms with Crippen LogP contribution in [0.25, 0.3) is 11.0 Å². The highest BCUT2D eigenvalue weighted by Crippen LogP contribution is 2.30. The first-order valence-electron chi connectivity index (χ1n) is 10.5. The fourth-order valence-corrected chi connectivity index (χ4v) is 3.80. The van der Waals surface area contributed by atoms with Crippen molar-refractivity contribution in [3.8, 4) is 0 Å². The Morgan fingerprint density at radius 1 is 1.10 bits per heavy atom. The summed E-state index contributed by atoms with van der Waals surface area (Å²) in [6.45, 7) is 5.63. The Labute approximate surface area is 181 Å². The molecular formula is C24H26N4O3. The summed E-state index contributed by atoms with van der Waals surface area (Å²) in [5.41, 5.74) is 3.84. The lowest BCUT2D eigenvalue weighted by atomic mass is 9.98. The van der Waals surface area contributed by atoms with Gasteiger partial charge in [-0.25, -0.2) is 14.8 Å². The normalized spacial score (nSPS) is 14.5. The minimum absolute atomic E-state index is 0.0319. The molecule has 160 valence electrons. The van der Waals surface area contributed by atoms with E-state index in [-0.39, 0.29) is 5.91 Å². The molecule has 1 aliphatic rings. The number of fused-ring (bicyclic) bond motifs is 1. The van der Waals surface area contributed by atoms with Crippen molar-refractivity contribution in [3.63, 3.8) is 0 Å². The zero-order valence-electron chi connectivity index (χ0n) is 18.0. The van der Waals surface area contributed by atoms with Crippen LogP contribution in [0.15, 0.2) is 42.6 Å². The summed E-state index contributed by atoms with van der Waals surface area (Å²) in [5.74, 6) is 0.211. The van der Waals surface area contributed by atoms with Gasteiger partial charge in [0.1, 0.15) is 0 Å². The Balaban J connectivity index is 1.73. The average Bonchev–Trinajstić information content (AvgIpc) is 2.79. The zero-order chi connectivity index (χ0) is 22.0. The van der Waals surface area contributed by atoms with Crippen LogP contribution in [0.4, 0.5) is 11.4 Å². The first kappa shape index (κ1) is 20.8. The maximum atomic E-state index is 13.4. The number of piperidine rings is 1. The minimum atomic E-state index is -0.393. The number of hydrogen-bond acceptors (Lipinski definition) is 6. The lowest BCUT2D eigenvalue weighted by Gasteiger charge is -2.31. The van der Waals surface area contributed by atoms with Crippen LogP contribution in [-0.4, -0.2) is 46.9 Å². The van der Waals surface area contributed by atoms with Gasteiger partial charge in [-0.05, 0) is 62.1 Å². The first-order chi connectivity index (χ1) is 15.0. The zero-order valence-corrected chi connectivity index (χ0v) is 18.0. The first-order valence-corrected chi connectivity index (χ1v) is 10.5. The van der Waals surface area contributed by atoms with Crippen LogP contribution in [0.3, 0.4) is 0 Å². The minimum Gasteiger partial charge on any atom is -0.465 e. The summed E-state index contributed by atoms with van der Waals surface area (Å²) in [6.07, 6.45) is 3.62. The van der Waals surface area contributed by atoms with Crippen molar-refractivity contribution in [2.45, 2.75) is 26.7 Å². The van der Waals surface area contributed by atoms with Gasteiger partial charge >= 0.3 is 5.97 Å². The summed E-state index contributed by atoms with van der Waals surface area (Å²) in [7, 11) is 1.35. The molecule has 31 heavy (non-hydrogen) atoms. The van der Waals surface area contributed by atoms with Crippen molar-refractivity contribution < 1.29 is 14.3 Å². The van der Waals surface area contributed by atoms with Crippen molar-refractivity contribution in [2.24, 2.45) is 5.92 Å². The van der Waals surface area contributed by atoms with Crippen LogP contribution in [0, 0.1) is 12.8 Å². The predicted molar refractivity (Wildman–Crippen MR) is 120 cm³/mol. The quantitative estimate of drug-likeness (QED) is 0.635. The highest BCUT2D eigenvalue weighted by Gasteiger charge is 2.25. The SMILES string of the molecule is COC(=O)c1ccc(Nc2c(C(=O)N3CCC(C)CC3)cnc3nc(C)ccc23)cc1. The number of pyridine rings is 2.